The number of nitrogens with two attached hydrogens (primary N) is 1. The van der Waals surface area contributed by atoms with Gasteiger partial charge in [-0.3, -0.25) is 9.78 Å². The van der Waals surface area contributed by atoms with Gasteiger partial charge in [0.15, 0.2) is 11.5 Å². The van der Waals surface area contributed by atoms with E-state index in [0.29, 0.717) is 5.69 Å². The number of pyridine rings is 1. The van der Waals surface area contributed by atoms with Crippen molar-refractivity contribution in [1.29, 1.82) is 0 Å². The molecule has 0 saturated heterocycles. The summed E-state index contributed by atoms with van der Waals surface area (Å²) in [6.07, 6.45) is 13.0. The van der Waals surface area contributed by atoms with Crippen molar-refractivity contribution < 1.29 is 4.79 Å². The molecular formula is C16H17N5O. The molecule has 22 heavy (non-hydrogen) atoms. The second-order valence-electron chi connectivity index (χ2n) is 5.14. The molecule has 0 saturated carbocycles. The van der Waals surface area contributed by atoms with Crippen LogP contribution in [0.15, 0.2) is 36.9 Å². The van der Waals surface area contributed by atoms with Gasteiger partial charge in [-0.25, -0.2) is 9.97 Å². The monoisotopic (exact) mass is 295 g/mol. The van der Waals surface area contributed by atoms with Crippen LogP contribution in [0, 0.1) is 0 Å². The SMILES string of the molecule is Nc1nccnc1C(=O)Nc1cnccc1C1=CCCCC1. The van der Waals surface area contributed by atoms with Gasteiger partial charge in [-0.2, -0.15) is 0 Å². The highest BCUT2D eigenvalue weighted by Crippen LogP contribution is 2.31. The Bertz CT molecular complexity index is 726. The molecule has 0 spiro atoms. The predicted molar refractivity (Wildman–Crippen MR) is 85.1 cm³/mol. The first kappa shape index (κ1) is 14.2. The molecule has 1 aliphatic rings. The van der Waals surface area contributed by atoms with Gasteiger partial charge in [-0.1, -0.05) is 6.08 Å². The predicted octanol–water partition coefficient (Wildman–Crippen LogP) is 2.66. The van der Waals surface area contributed by atoms with Crippen LogP contribution in [0.3, 0.4) is 0 Å². The van der Waals surface area contributed by atoms with Crippen molar-refractivity contribution in [1.82, 2.24) is 15.0 Å². The van der Waals surface area contributed by atoms with Crippen LogP contribution in [0.1, 0.15) is 41.7 Å². The number of nitrogens with zero attached hydrogens (tertiary/aromatic N) is 3. The molecule has 6 heteroatoms. The number of carbonyl (C=O) groups excluding carboxylic acids is 1. The minimum absolute atomic E-state index is 0.113. The van der Waals surface area contributed by atoms with Gasteiger partial charge in [0, 0.05) is 24.2 Å². The maximum Gasteiger partial charge on any atom is 0.278 e. The van der Waals surface area contributed by atoms with Gasteiger partial charge in [0.2, 0.25) is 0 Å². The lowest BCUT2D eigenvalue weighted by Crippen LogP contribution is -2.17. The number of rotatable bonds is 3. The van der Waals surface area contributed by atoms with Gasteiger partial charge >= 0.3 is 0 Å². The zero-order valence-electron chi connectivity index (χ0n) is 12.1. The minimum Gasteiger partial charge on any atom is -0.382 e. The smallest absolute Gasteiger partial charge is 0.278 e. The summed E-state index contributed by atoms with van der Waals surface area (Å²) in [5.74, 6) is -0.265. The highest BCUT2D eigenvalue weighted by molar-refractivity contribution is 6.06. The maximum absolute atomic E-state index is 12.3. The first-order chi connectivity index (χ1) is 10.8. The fourth-order valence-corrected chi connectivity index (χ4v) is 2.56. The van der Waals surface area contributed by atoms with Gasteiger partial charge in [0.05, 0.1) is 11.9 Å². The summed E-state index contributed by atoms with van der Waals surface area (Å²) in [5, 5.41) is 2.84. The second kappa shape index (κ2) is 6.34. The van der Waals surface area contributed by atoms with Crippen LogP contribution in [-0.4, -0.2) is 20.9 Å². The lowest BCUT2D eigenvalue weighted by molar-refractivity contribution is 0.102. The van der Waals surface area contributed by atoms with Crippen molar-refractivity contribution in [2.45, 2.75) is 25.7 Å². The van der Waals surface area contributed by atoms with E-state index in [0.717, 1.165) is 18.4 Å². The maximum atomic E-state index is 12.3. The van der Waals surface area contributed by atoms with E-state index in [1.54, 1.807) is 12.4 Å². The molecule has 0 aromatic carbocycles. The van der Waals surface area contributed by atoms with E-state index in [4.69, 9.17) is 5.73 Å². The number of allylic oxidation sites excluding steroid dienone is 2. The fourth-order valence-electron chi connectivity index (χ4n) is 2.56. The third kappa shape index (κ3) is 2.95. The van der Waals surface area contributed by atoms with Crippen LogP contribution < -0.4 is 11.1 Å². The molecule has 112 valence electrons. The van der Waals surface area contributed by atoms with Crippen LogP contribution in [0.5, 0.6) is 0 Å². The summed E-state index contributed by atoms with van der Waals surface area (Å²) in [7, 11) is 0. The van der Waals surface area contributed by atoms with Gasteiger partial charge in [0.25, 0.3) is 5.91 Å². The fraction of sp³-hybridized carbons (Fsp3) is 0.250. The standard InChI is InChI=1S/C16H17N5O/c17-15-14(19-8-9-20-15)16(22)21-13-10-18-7-6-12(13)11-4-2-1-3-5-11/h4,6-10H,1-3,5H2,(H2,17,20)(H,21,22). The van der Waals surface area contributed by atoms with E-state index in [1.165, 1.54) is 30.8 Å². The number of amides is 1. The summed E-state index contributed by atoms with van der Waals surface area (Å²) < 4.78 is 0. The average molecular weight is 295 g/mol. The molecule has 0 atom stereocenters. The van der Waals surface area contributed by atoms with Crippen molar-refractivity contribution >= 4 is 23.0 Å². The van der Waals surface area contributed by atoms with Crippen molar-refractivity contribution in [3.63, 3.8) is 0 Å². The quantitative estimate of drug-likeness (QED) is 0.908. The number of nitrogen functional groups attached to an aromatic ring is 1. The average Bonchev–Trinajstić information content (AvgIpc) is 2.56. The van der Waals surface area contributed by atoms with E-state index in [1.807, 2.05) is 6.07 Å². The lowest BCUT2D eigenvalue weighted by Gasteiger charge is -2.16. The Hall–Kier alpha value is -2.76. The van der Waals surface area contributed by atoms with Crippen LogP contribution in [0.4, 0.5) is 11.5 Å². The highest BCUT2D eigenvalue weighted by atomic mass is 16.1. The Kier molecular flexibility index (Phi) is 4.09. The molecule has 2 aromatic rings. The van der Waals surface area contributed by atoms with Crippen molar-refractivity contribution in [3.05, 3.63) is 48.2 Å². The number of carbonyl (C=O) groups is 1. The Morgan fingerprint density at radius 1 is 1.18 bits per heavy atom. The summed E-state index contributed by atoms with van der Waals surface area (Å²) >= 11 is 0. The second-order valence-corrected chi connectivity index (χ2v) is 5.14. The van der Waals surface area contributed by atoms with Crippen LogP contribution in [0.2, 0.25) is 0 Å². The Morgan fingerprint density at radius 2 is 2.05 bits per heavy atom. The Balaban J connectivity index is 1.88. The molecule has 3 N–H and O–H groups in total. The third-order valence-electron chi connectivity index (χ3n) is 3.65. The summed E-state index contributed by atoms with van der Waals surface area (Å²) in [6.45, 7) is 0. The van der Waals surface area contributed by atoms with Crippen LogP contribution in [0.25, 0.3) is 5.57 Å². The molecule has 1 aliphatic carbocycles. The Morgan fingerprint density at radius 3 is 2.82 bits per heavy atom. The molecule has 0 radical (unpaired) electrons. The zero-order valence-corrected chi connectivity index (χ0v) is 12.1. The number of aromatic nitrogens is 3. The summed E-state index contributed by atoms with van der Waals surface area (Å²) in [6, 6.07) is 1.92. The topological polar surface area (TPSA) is 93.8 Å². The van der Waals surface area contributed by atoms with Crippen LogP contribution >= 0.6 is 0 Å². The first-order valence-corrected chi connectivity index (χ1v) is 7.27. The molecule has 1 amide bonds. The molecule has 3 rings (SSSR count). The van der Waals surface area contributed by atoms with E-state index < -0.39 is 0 Å². The molecular weight excluding hydrogens is 278 g/mol. The molecule has 0 unspecified atom stereocenters. The lowest BCUT2D eigenvalue weighted by atomic mass is 9.93. The molecule has 0 bridgehead atoms. The van der Waals surface area contributed by atoms with Gasteiger partial charge in [-0.05, 0) is 37.3 Å². The number of anilines is 2. The third-order valence-corrected chi connectivity index (χ3v) is 3.65. The zero-order chi connectivity index (χ0) is 15.4. The van der Waals surface area contributed by atoms with Gasteiger partial charge in [0.1, 0.15) is 0 Å². The van der Waals surface area contributed by atoms with E-state index >= 15 is 0 Å². The first-order valence-electron chi connectivity index (χ1n) is 7.27. The number of nitrogens with one attached hydrogen (secondary N) is 1. The number of hydrogen-bond acceptors (Lipinski definition) is 5. The van der Waals surface area contributed by atoms with E-state index in [9.17, 15) is 4.79 Å². The number of hydrogen-bond donors (Lipinski definition) is 2. The molecule has 0 aliphatic heterocycles. The molecule has 0 fully saturated rings. The van der Waals surface area contributed by atoms with Crippen molar-refractivity contribution in [2.75, 3.05) is 11.1 Å². The van der Waals surface area contributed by atoms with E-state index in [-0.39, 0.29) is 17.4 Å². The normalized spacial score (nSPS) is 14.3. The van der Waals surface area contributed by atoms with Crippen molar-refractivity contribution in [2.24, 2.45) is 0 Å². The molecule has 2 heterocycles. The summed E-state index contributed by atoms with van der Waals surface area (Å²) in [5.41, 5.74) is 8.74. The summed E-state index contributed by atoms with van der Waals surface area (Å²) in [4.78, 5) is 24.3. The molecule has 6 nitrogen and oxygen atoms in total. The molecule has 2 aromatic heterocycles. The Labute approximate surface area is 128 Å². The van der Waals surface area contributed by atoms with E-state index in [2.05, 4.69) is 26.3 Å². The largest absolute Gasteiger partial charge is 0.382 e. The van der Waals surface area contributed by atoms with Gasteiger partial charge < -0.3 is 11.1 Å². The van der Waals surface area contributed by atoms with Crippen molar-refractivity contribution in [3.8, 4) is 0 Å². The van der Waals surface area contributed by atoms with Crippen LogP contribution in [-0.2, 0) is 0 Å². The highest BCUT2D eigenvalue weighted by Gasteiger charge is 2.16. The van der Waals surface area contributed by atoms with Gasteiger partial charge in [-0.15, -0.1) is 0 Å². The minimum atomic E-state index is -0.378.